The third-order valence-electron chi connectivity index (χ3n) is 3.18. The van der Waals surface area contributed by atoms with Crippen LogP contribution >= 0.6 is 7.29 Å². The van der Waals surface area contributed by atoms with Gasteiger partial charge in [-0.15, -0.1) is 0 Å². The summed E-state index contributed by atoms with van der Waals surface area (Å²) in [4.78, 5) is 12.3. The highest BCUT2D eigenvalue weighted by Crippen LogP contribution is 2.39. The Morgan fingerprint density at radius 1 is 0.857 bits per heavy atom. The van der Waals surface area contributed by atoms with E-state index in [1.807, 2.05) is 57.2 Å². The molecule has 1 N–H and O–H groups in total. The lowest BCUT2D eigenvalue weighted by atomic mass is 9.96. The minimum atomic E-state index is -3.18. The van der Waals surface area contributed by atoms with E-state index in [0.717, 1.165) is 0 Å². The second-order valence-electron chi connectivity index (χ2n) is 5.97. The molecule has 0 bridgehead atoms. The van der Waals surface area contributed by atoms with E-state index >= 15 is 0 Å². The topological polar surface area (TPSA) is 46.2 Å². The summed E-state index contributed by atoms with van der Waals surface area (Å²) in [5, 5.41) is 4.05. The first-order valence-corrected chi connectivity index (χ1v) is 8.59. The van der Waals surface area contributed by atoms with Crippen LogP contribution in [0.5, 0.6) is 0 Å². The first-order chi connectivity index (χ1) is 9.84. The van der Waals surface area contributed by atoms with Crippen molar-refractivity contribution in [1.82, 2.24) is 5.09 Å². The molecule has 4 heteroatoms. The fraction of sp³-hybridized carbons (Fsp3) is 0.235. The van der Waals surface area contributed by atoms with E-state index in [2.05, 4.69) is 5.09 Å². The van der Waals surface area contributed by atoms with E-state index in [4.69, 9.17) is 0 Å². The molecule has 0 saturated heterocycles. The largest absolute Gasteiger partial charge is 0.299 e. The maximum Gasteiger partial charge on any atom is 0.231 e. The quantitative estimate of drug-likeness (QED) is 0.886. The van der Waals surface area contributed by atoms with Gasteiger partial charge in [0, 0.05) is 16.0 Å². The first kappa shape index (κ1) is 15.5. The highest BCUT2D eigenvalue weighted by molar-refractivity contribution is 7.77. The predicted octanol–water partition coefficient (Wildman–Crippen LogP) is 3.08. The van der Waals surface area contributed by atoms with Gasteiger partial charge in [-0.1, -0.05) is 57.2 Å². The Hall–Kier alpha value is -1.86. The minimum absolute atomic E-state index is 0.224. The van der Waals surface area contributed by atoms with E-state index in [9.17, 15) is 9.36 Å². The molecule has 3 nitrogen and oxygen atoms in total. The number of amides is 1. The lowest BCUT2D eigenvalue weighted by Gasteiger charge is -2.25. The third-order valence-corrected chi connectivity index (χ3v) is 5.75. The number of rotatable bonds is 3. The average Bonchev–Trinajstić information content (AvgIpc) is 2.48. The number of nitrogens with one attached hydrogen (secondary N) is 1. The molecule has 0 unspecified atom stereocenters. The zero-order valence-electron chi connectivity index (χ0n) is 12.5. The lowest BCUT2D eigenvalue weighted by molar-refractivity contribution is -0.126. The molecule has 0 heterocycles. The predicted molar refractivity (Wildman–Crippen MR) is 87.4 cm³/mol. The molecule has 0 aliphatic rings. The maximum absolute atomic E-state index is 13.5. The van der Waals surface area contributed by atoms with Gasteiger partial charge in [0.2, 0.25) is 13.2 Å². The third kappa shape index (κ3) is 3.43. The van der Waals surface area contributed by atoms with Gasteiger partial charge in [-0.25, -0.2) is 0 Å². The lowest BCUT2D eigenvalue weighted by Crippen LogP contribution is -2.38. The Morgan fingerprint density at radius 3 is 1.57 bits per heavy atom. The summed E-state index contributed by atoms with van der Waals surface area (Å²) in [5.41, 5.74) is -0.598. The molecule has 0 radical (unpaired) electrons. The molecule has 1 amide bonds. The zero-order valence-corrected chi connectivity index (χ0v) is 13.4. The highest BCUT2D eigenvalue weighted by Gasteiger charge is 2.33. The van der Waals surface area contributed by atoms with Crippen LogP contribution in [0.15, 0.2) is 60.7 Å². The van der Waals surface area contributed by atoms with Crippen LogP contribution in [-0.4, -0.2) is 5.91 Å². The smallest absolute Gasteiger partial charge is 0.231 e. The van der Waals surface area contributed by atoms with Crippen molar-refractivity contribution in [3.05, 3.63) is 60.7 Å². The van der Waals surface area contributed by atoms with Crippen molar-refractivity contribution in [2.45, 2.75) is 20.8 Å². The summed E-state index contributed by atoms with van der Waals surface area (Å²) >= 11 is 0. The van der Waals surface area contributed by atoms with Crippen LogP contribution in [0.25, 0.3) is 0 Å². The van der Waals surface area contributed by atoms with Crippen LogP contribution in [-0.2, 0) is 9.36 Å². The molecule has 2 rings (SSSR count). The highest BCUT2D eigenvalue weighted by atomic mass is 31.2. The molecule has 110 valence electrons. The monoisotopic (exact) mass is 301 g/mol. The molecular weight excluding hydrogens is 281 g/mol. The Kier molecular flexibility index (Phi) is 4.34. The molecule has 2 aromatic rings. The molecule has 0 spiro atoms. The minimum Gasteiger partial charge on any atom is -0.299 e. The second kappa shape index (κ2) is 5.87. The van der Waals surface area contributed by atoms with Gasteiger partial charge in [0.1, 0.15) is 0 Å². The van der Waals surface area contributed by atoms with Crippen molar-refractivity contribution in [3.8, 4) is 0 Å². The van der Waals surface area contributed by atoms with Crippen molar-refractivity contribution in [3.63, 3.8) is 0 Å². The fourth-order valence-electron chi connectivity index (χ4n) is 1.86. The summed E-state index contributed by atoms with van der Waals surface area (Å²) in [6.07, 6.45) is 0. The summed E-state index contributed by atoms with van der Waals surface area (Å²) in [6, 6.07) is 18.2. The van der Waals surface area contributed by atoms with E-state index < -0.39 is 12.7 Å². The Labute approximate surface area is 125 Å². The standard InChI is InChI=1S/C17H20NO2P/c1-17(2,3)16(19)18-21(20,14-10-6-4-7-11-14)15-12-8-5-9-13-15/h4-13H,1-3H3,(H,18,19,20). The van der Waals surface area contributed by atoms with Gasteiger partial charge in [0.25, 0.3) is 0 Å². The van der Waals surface area contributed by atoms with Gasteiger partial charge in [-0.3, -0.25) is 14.4 Å². The molecule has 0 atom stereocenters. The van der Waals surface area contributed by atoms with Crippen molar-refractivity contribution >= 4 is 23.8 Å². The summed E-state index contributed by atoms with van der Waals surface area (Å²) in [6.45, 7) is 5.42. The number of carbonyl (C=O) groups is 1. The number of hydrogen-bond acceptors (Lipinski definition) is 2. The first-order valence-electron chi connectivity index (χ1n) is 6.88. The Morgan fingerprint density at radius 2 is 1.24 bits per heavy atom. The van der Waals surface area contributed by atoms with Crippen LogP contribution in [0.3, 0.4) is 0 Å². The van der Waals surface area contributed by atoms with Gasteiger partial charge in [0.15, 0.2) is 0 Å². The van der Waals surface area contributed by atoms with Crippen LogP contribution in [0.1, 0.15) is 20.8 Å². The average molecular weight is 301 g/mol. The molecule has 0 aliphatic heterocycles. The second-order valence-corrected chi connectivity index (χ2v) is 8.45. The van der Waals surface area contributed by atoms with Crippen LogP contribution in [0.4, 0.5) is 0 Å². The SMILES string of the molecule is CC(C)(C)C(=O)NP(=O)(c1ccccc1)c1ccccc1. The van der Waals surface area contributed by atoms with Crippen molar-refractivity contribution in [1.29, 1.82) is 0 Å². The van der Waals surface area contributed by atoms with Gasteiger partial charge in [-0.2, -0.15) is 0 Å². The van der Waals surface area contributed by atoms with Crippen LogP contribution in [0.2, 0.25) is 0 Å². The number of hydrogen-bond donors (Lipinski definition) is 1. The molecule has 21 heavy (non-hydrogen) atoms. The van der Waals surface area contributed by atoms with Gasteiger partial charge < -0.3 is 0 Å². The summed E-state index contributed by atoms with van der Waals surface area (Å²) in [5.74, 6) is -0.224. The van der Waals surface area contributed by atoms with Crippen molar-refractivity contribution in [2.75, 3.05) is 0 Å². The van der Waals surface area contributed by atoms with E-state index in [1.54, 1.807) is 24.3 Å². The number of carbonyl (C=O) groups excluding carboxylic acids is 1. The summed E-state index contributed by atoms with van der Waals surface area (Å²) < 4.78 is 13.5. The van der Waals surface area contributed by atoms with Crippen LogP contribution in [0, 0.1) is 5.41 Å². The fourth-order valence-corrected chi connectivity index (χ4v) is 4.23. The van der Waals surface area contributed by atoms with Gasteiger partial charge in [0.05, 0.1) is 0 Å². The normalized spacial score (nSPS) is 12.0. The Balaban J connectivity index is 2.51. The Bertz CT molecular complexity index is 617. The van der Waals surface area contributed by atoms with Crippen LogP contribution < -0.4 is 15.7 Å². The summed E-state index contributed by atoms with van der Waals surface area (Å²) in [7, 11) is -3.18. The maximum atomic E-state index is 13.5. The van der Waals surface area contributed by atoms with Crippen molar-refractivity contribution < 1.29 is 9.36 Å². The molecular formula is C17H20NO2P. The van der Waals surface area contributed by atoms with E-state index in [0.29, 0.717) is 10.6 Å². The number of benzene rings is 2. The molecule has 0 saturated carbocycles. The van der Waals surface area contributed by atoms with Gasteiger partial charge in [-0.05, 0) is 24.3 Å². The molecule has 0 fully saturated rings. The van der Waals surface area contributed by atoms with E-state index in [-0.39, 0.29) is 5.91 Å². The molecule has 2 aromatic carbocycles. The van der Waals surface area contributed by atoms with E-state index in [1.165, 1.54) is 0 Å². The molecule has 0 aromatic heterocycles. The van der Waals surface area contributed by atoms with Crippen molar-refractivity contribution in [2.24, 2.45) is 5.41 Å². The zero-order chi connectivity index (χ0) is 15.5. The molecule has 0 aliphatic carbocycles. The van der Waals surface area contributed by atoms with Gasteiger partial charge >= 0.3 is 0 Å².